The van der Waals surface area contributed by atoms with Crippen LogP contribution in [0.5, 0.6) is 0 Å². The van der Waals surface area contributed by atoms with Crippen LogP contribution in [-0.4, -0.2) is 52.8 Å². The quantitative estimate of drug-likeness (QED) is 0.545. The van der Waals surface area contributed by atoms with E-state index in [0.29, 0.717) is 24.5 Å². The number of aryl methyl sites for hydroxylation is 1. The lowest BCUT2D eigenvalue weighted by atomic mass is 10.1. The van der Waals surface area contributed by atoms with Gasteiger partial charge in [0.15, 0.2) is 0 Å². The first kappa shape index (κ1) is 24.4. The summed E-state index contributed by atoms with van der Waals surface area (Å²) < 4.78 is 31.2. The number of carbonyl (C=O) groups is 2. The van der Waals surface area contributed by atoms with Crippen molar-refractivity contribution in [1.29, 1.82) is 0 Å². The molecular weight excluding hydrogens is 418 g/mol. The maximum absolute atomic E-state index is 13.1. The van der Waals surface area contributed by atoms with E-state index in [2.05, 4.69) is 10.6 Å². The van der Waals surface area contributed by atoms with Crippen LogP contribution in [0, 0.1) is 6.92 Å². The molecule has 2 amide bonds. The van der Waals surface area contributed by atoms with Crippen LogP contribution in [0.4, 0.5) is 11.4 Å². The number of anilines is 2. The molecule has 0 saturated carbocycles. The van der Waals surface area contributed by atoms with Crippen molar-refractivity contribution in [3.63, 3.8) is 0 Å². The number of carbonyl (C=O) groups excluding carboxylic acids is 2. The minimum absolute atomic E-state index is 0.245. The molecule has 2 aromatic rings. The van der Waals surface area contributed by atoms with Gasteiger partial charge in [-0.1, -0.05) is 36.8 Å². The summed E-state index contributed by atoms with van der Waals surface area (Å²) in [4.78, 5) is 25.6. The van der Waals surface area contributed by atoms with Crippen molar-refractivity contribution in [3.8, 4) is 0 Å². The number of para-hydroxylation sites is 1. The van der Waals surface area contributed by atoms with Crippen LogP contribution >= 0.6 is 0 Å². The van der Waals surface area contributed by atoms with Gasteiger partial charge in [-0.2, -0.15) is 0 Å². The molecule has 2 aromatic carbocycles. The van der Waals surface area contributed by atoms with E-state index in [-0.39, 0.29) is 17.9 Å². The topological polar surface area (TPSA) is 105 Å². The summed E-state index contributed by atoms with van der Waals surface area (Å²) in [5, 5.41) is 5.44. The average molecular weight is 448 g/mol. The molecule has 0 unspecified atom stereocenters. The summed E-state index contributed by atoms with van der Waals surface area (Å²) in [6.07, 6.45) is 1.31. The number of nitrogens with zero attached hydrogens (tertiary/aromatic N) is 1. The lowest BCUT2D eigenvalue weighted by molar-refractivity contribution is -0.117. The molecule has 9 heteroatoms. The third kappa shape index (κ3) is 6.53. The Bertz CT molecular complexity index is 1010. The van der Waals surface area contributed by atoms with Gasteiger partial charge >= 0.3 is 0 Å². The lowest BCUT2D eigenvalue weighted by Crippen LogP contribution is -2.47. The highest BCUT2D eigenvalue weighted by Crippen LogP contribution is 2.24. The molecule has 0 spiro atoms. The van der Waals surface area contributed by atoms with Gasteiger partial charge in [-0.3, -0.25) is 13.9 Å². The molecule has 0 radical (unpaired) electrons. The zero-order valence-corrected chi connectivity index (χ0v) is 19.0. The third-order valence-electron chi connectivity index (χ3n) is 4.64. The van der Waals surface area contributed by atoms with Crippen LogP contribution < -0.4 is 14.9 Å². The Kier molecular flexibility index (Phi) is 8.58. The second kappa shape index (κ2) is 10.9. The number of hydrogen-bond acceptors (Lipinski definition) is 5. The molecule has 0 aromatic heterocycles. The Morgan fingerprint density at radius 1 is 1.10 bits per heavy atom. The minimum atomic E-state index is -3.74. The summed E-state index contributed by atoms with van der Waals surface area (Å²) >= 11 is 0. The third-order valence-corrected chi connectivity index (χ3v) is 5.82. The second-order valence-electron chi connectivity index (χ2n) is 7.10. The lowest BCUT2D eigenvalue weighted by Gasteiger charge is -2.30. The van der Waals surface area contributed by atoms with Gasteiger partial charge in [-0.05, 0) is 37.6 Å². The smallest absolute Gasteiger partial charge is 0.253 e. The van der Waals surface area contributed by atoms with Crippen LogP contribution in [0.25, 0.3) is 0 Å². The molecule has 0 aliphatic rings. The molecule has 0 saturated heterocycles. The van der Waals surface area contributed by atoms with E-state index in [1.165, 1.54) is 7.11 Å². The average Bonchev–Trinajstić information content (AvgIpc) is 2.72. The van der Waals surface area contributed by atoms with Crippen molar-refractivity contribution < 1.29 is 22.7 Å². The molecule has 0 aliphatic carbocycles. The van der Waals surface area contributed by atoms with Gasteiger partial charge in [0.1, 0.15) is 6.04 Å². The molecule has 1 atom stereocenters. The molecule has 2 N–H and O–H groups in total. The number of benzene rings is 2. The van der Waals surface area contributed by atoms with Crippen molar-refractivity contribution in [2.75, 3.05) is 36.1 Å². The molecule has 168 valence electrons. The molecule has 2 rings (SSSR count). The van der Waals surface area contributed by atoms with Crippen LogP contribution in [0.2, 0.25) is 0 Å². The molecular formula is C22H29N3O5S. The summed E-state index contributed by atoms with van der Waals surface area (Å²) in [7, 11) is -2.21. The number of sulfonamides is 1. The Hall–Kier alpha value is -2.91. The van der Waals surface area contributed by atoms with Crippen molar-refractivity contribution in [2.45, 2.75) is 26.3 Å². The summed E-state index contributed by atoms with van der Waals surface area (Å²) in [6, 6.07) is 12.5. The number of hydrogen-bond donors (Lipinski definition) is 2. The van der Waals surface area contributed by atoms with Gasteiger partial charge in [0.05, 0.1) is 29.8 Å². The Labute approximate surface area is 183 Å². The fraction of sp³-hybridized carbons (Fsp3) is 0.364. The SMILES string of the molecule is CC[C@H](C(=O)Nc1ccccc1C(=O)NCCOC)N(c1ccc(C)cc1)S(C)(=O)=O. The van der Waals surface area contributed by atoms with E-state index in [4.69, 9.17) is 4.74 Å². The Morgan fingerprint density at radius 3 is 2.32 bits per heavy atom. The maximum atomic E-state index is 13.1. The van der Waals surface area contributed by atoms with Crippen molar-refractivity contribution in [3.05, 3.63) is 59.7 Å². The van der Waals surface area contributed by atoms with E-state index in [0.717, 1.165) is 16.1 Å². The standard InChI is InChI=1S/C22H29N3O5S/c1-5-20(25(31(4,28)29)17-12-10-16(2)11-13-17)22(27)24-19-9-7-6-8-18(19)21(26)23-14-15-30-3/h6-13,20H,5,14-15H2,1-4H3,(H,23,26)(H,24,27)/t20-/m1/s1. The molecule has 31 heavy (non-hydrogen) atoms. The predicted octanol–water partition coefficient (Wildman–Crippen LogP) is 2.55. The van der Waals surface area contributed by atoms with Crippen LogP contribution in [0.3, 0.4) is 0 Å². The number of nitrogens with one attached hydrogen (secondary N) is 2. The second-order valence-corrected chi connectivity index (χ2v) is 8.96. The van der Waals surface area contributed by atoms with Gasteiger partial charge < -0.3 is 15.4 Å². The Morgan fingerprint density at radius 2 is 1.74 bits per heavy atom. The van der Waals surface area contributed by atoms with E-state index in [1.807, 2.05) is 6.92 Å². The number of amides is 2. The van der Waals surface area contributed by atoms with Crippen molar-refractivity contribution in [2.24, 2.45) is 0 Å². The van der Waals surface area contributed by atoms with Crippen molar-refractivity contribution in [1.82, 2.24) is 5.32 Å². The van der Waals surface area contributed by atoms with Crippen LogP contribution in [-0.2, 0) is 19.6 Å². The fourth-order valence-corrected chi connectivity index (χ4v) is 4.33. The molecule has 0 heterocycles. The van der Waals surface area contributed by atoms with Gasteiger partial charge in [0.25, 0.3) is 5.91 Å². The fourth-order valence-electron chi connectivity index (χ4n) is 3.12. The summed E-state index contributed by atoms with van der Waals surface area (Å²) in [5.41, 5.74) is 1.96. The maximum Gasteiger partial charge on any atom is 0.253 e. The highest BCUT2D eigenvalue weighted by molar-refractivity contribution is 7.92. The van der Waals surface area contributed by atoms with Gasteiger partial charge in [-0.15, -0.1) is 0 Å². The van der Waals surface area contributed by atoms with Gasteiger partial charge in [0, 0.05) is 13.7 Å². The Balaban J connectivity index is 2.32. The van der Waals surface area contributed by atoms with E-state index < -0.39 is 22.0 Å². The van der Waals surface area contributed by atoms with Crippen LogP contribution in [0.1, 0.15) is 29.3 Å². The summed E-state index contributed by atoms with van der Waals surface area (Å²) in [6.45, 7) is 4.32. The highest BCUT2D eigenvalue weighted by atomic mass is 32.2. The highest BCUT2D eigenvalue weighted by Gasteiger charge is 2.32. The monoisotopic (exact) mass is 447 g/mol. The first-order valence-electron chi connectivity index (χ1n) is 9.92. The van der Waals surface area contributed by atoms with E-state index in [1.54, 1.807) is 55.5 Å². The summed E-state index contributed by atoms with van der Waals surface area (Å²) in [5.74, 6) is -0.884. The molecule has 8 nitrogen and oxygen atoms in total. The van der Waals surface area contributed by atoms with Crippen LogP contribution in [0.15, 0.2) is 48.5 Å². The minimum Gasteiger partial charge on any atom is -0.383 e. The predicted molar refractivity (Wildman–Crippen MR) is 122 cm³/mol. The van der Waals surface area contributed by atoms with E-state index in [9.17, 15) is 18.0 Å². The normalized spacial score (nSPS) is 12.1. The zero-order valence-electron chi connectivity index (χ0n) is 18.2. The zero-order chi connectivity index (χ0) is 23.0. The number of ether oxygens (including phenoxy) is 1. The van der Waals surface area contributed by atoms with Gasteiger partial charge in [0.2, 0.25) is 15.9 Å². The van der Waals surface area contributed by atoms with E-state index >= 15 is 0 Å². The number of rotatable bonds is 10. The molecule has 0 aliphatic heterocycles. The van der Waals surface area contributed by atoms with Crippen molar-refractivity contribution >= 4 is 33.2 Å². The first-order chi connectivity index (χ1) is 14.7. The molecule has 0 bridgehead atoms. The largest absolute Gasteiger partial charge is 0.383 e. The molecule has 0 fully saturated rings. The number of methoxy groups -OCH3 is 1. The first-order valence-corrected chi connectivity index (χ1v) is 11.8. The van der Waals surface area contributed by atoms with Gasteiger partial charge in [-0.25, -0.2) is 8.42 Å².